The van der Waals surface area contributed by atoms with Gasteiger partial charge in [0.05, 0.1) is 0 Å². The highest BCUT2D eigenvalue weighted by atomic mass is 16.5. The average molecular weight is 157 g/mol. The minimum atomic E-state index is -0.570. The minimum Gasteiger partial charge on any atom is -0.362 e. The number of nitrogens with zero attached hydrogens (tertiary/aromatic N) is 2. The summed E-state index contributed by atoms with van der Waals surface area (Å²) in [5, 5.41) is 3.50. The first-order valence-corrected chi connectivity index (χ1v) is 2.89. The molecule has 0 bridgehead atoms. The molecule has 1 heterocycles. The maximum Gasteiger partial charge on any atom is 0.346 e. The number of hydrogen-bond donors (Lipinski definition) is 1. The van der Waals surface area contributed by atoms with E-state index in [0.717, 1.165) is 10.9 Å². The molecule has 0 radical (unpaired) electrons. The summed E-state index contributed by atoms with van der Waals surface area (Å²) in [6, 6.07) is 0. The molecule has 0 saturated heterocycles. The summed E-state index contributed by atoms with van der Waals surface area (Å²) in [7, 11) is 1.43. The van der Waals surface area contributed by atoms with Crippen LogP contribution in [0.3, 0.4) is 0 Å². The second-order valence-corrected chi connectivity index (χ2v) is 1.86. The van der Waals surface area contributed by atoms with Crippen LogP contribution < -0.4 is 11.2 Å². The summed E-state index contributed by atoms with van der Waals surface area (Å²) in [5.41, 5.74) is -1.08. The fourth-order valence-corrected chi connectivity index (χ4v) is 0.591. The molecular formula is C5H7N3O3. The molecule has 0 fully saturated rings. The van der Waals surface area contributed by atoms with Gasteiger partial charge < -0.3 is 4.74 Å². The van der Waals surface area contributed by atoms with Gasteiger partial charge in [0.25, 0.3) is 5.56 Å². The van der Waals surface area contributed by atoms with Crippen molar-refractivity contribution >= 4 is 0 Å². The number of ether oxygens (including phenoxy) is 1. The number of hydrogen-bond acceptors (Lipinski definition) is 4. The van der Waals surface area contributed by atoms with Crippen LogP contribution in [0.15, 0.2) is 15.8 Å². The van der Waals surface area contributed by atoms with E-state index in [4.69, 9.17) is 0 Å². The van der Waals surface area contributed by atoms with E-state index in [1.807, 2.05) is 4.98 Å². The quantitative estimate of drug-likeness (QED) is 0.568. The zero-order chi connectivity index (χ0) is 8.27. The van der Waals surface area contributed by atoms with E-state index in [-0.39, 0.29) is 6.73 Å². The van der Waals surface area contributed by atoms with Gasteiger partial charge in [-0.05, 0) is 0 Å². The van der Waals surface area contributed by atoms with E-state index in [2.05, 4.69) is 9.84 Å². The van der Waals surface area contributed by atoms with Crippen LogP contribution in [0.1, 0.15) is 0 Å². The van der Waals surface area contributed by atoms with E-state index in [0.29, 0.717) is 0 Å². The van der Waals surface area contributed by atoms with Gasteiger partial charge in [0.2, 0.25) is 0 Å². The largest absolute Gasteiger partial charge is 0.362 e. The zero-order valence-electron chi connectivity index (χ0n) is 5.90. The van der Waals surface area contributed by atoms with E-state index >= 15 is 0 Å². The Bertz CT molecular complexity index is 339. The lowest BCUT2D eigenvalue weighted by atomic mass is 10.8. The number of rotatable bonds is 2. The summed E-state index contributed by atoms with van der Waals surface area (Å²) in [6.07, 6.45) is 1.01. The summed E-state index contributed by atoms with van der Waals surface area (Å²) in [4.78, 5) is 23.3. The van der Waals surface area contributed by atoms with Crippen molar-refractivity contribution in [3.63, 3.8) is 0 Å². The molecule has 1 N–H and O–H groups in total. The van der Waals surface area contributed by atoms with Crippen LogP contribution in [-0.2, 0) is 11.5 Å². The highest BCUT2D eigenvalue weighted by Crippen LogP contribution is 1.69. The predicted molar refractivity (Wildman–Crippen MR) is 36.1 cm³/mol. The van der Waals surface area contributed by atoms with Gasteiger partial charge in [0, 0.05) is 7.11 Å². The Morgan fingerprint density at radius 1 is 1.73 bits per heavy atom. The molecular weight excluding hydrogens is 150 g/mol. The SMILES string of the molecule is COCn1ncc(=O)[nH]c1=O. The van der Waals surface area contributed by atoms with Gasteiger partial charge in [-0.15, -0.1) is 0 Å². The van der Waals surface area contributed by atoms with Gasteiger partial charge in [-0.2, -0.15) is 9.78 Å². The van der Waals surface area contributed by atoms with Crippen molar-refractivity contribution in [1.82, 2.24) is 14.8 Å². The predicted octanol–water partition coefficient (Wildman–Crippen LogP) is -1.46. The molecule has 0 spiro atoms. The third-order valence-electron chi connectivity index (χ3n) is 1.03. The van der Waals surface area contributed by atoms with Gasteiger partial charge in [-0.25, -0.2) is 4.79 Å². The first kappa shape index (κ1) is 7.67. The normalized spacial score (nSPS) is 9.91. The molecule has 60 valence electrons. The van der Waals surface area contributed by atoms with Crippen molar-refractivity contribution in [2.75, 3.05) is 7.11 Å². The Kier molecular flexibility index (Phi) is 2.17. The fourth-order valence-electron chi connectivity index (χ4n) is 0.591. The lowest BCUT2D eigenvalue weighted by Gasteiger charge is -1.98. The zero-order valence-corrected chi connectivity index (χ0v) is 5.90. The van der Waals surface area contributed by atoms with Crippen LogP contribution >= 0.6 is 0 Å². The molecule has 0 saturated carbocycles. The first-order chi connectivity index (χ1) is 5.24. The second kappa shape index (κ2) is 3.11. The molecule has 1 rings (SSSR count). The number of nitrogens with one attached hydrogen (secondary N) is 1. The van der Waals surface area contributed by atoms with Gasteiger partial charge in [0.1, 0.15) is 12.9 Å². The maximum atomic E-state index is 10.8. The Hall–Kier alpha value is -1.43. The van der Waals surface area contributed by atoms with Gasteiger partial charge in [-0.1, -0.05) is 0 Å². The summed E-state index contributed by atoms with van der Waals surface area (Å²) < 4.78 is 5.63. The maximum absolute atomic E-state index is 10.8. The van der Waals surface area contributed by atoms with E-state index in [1.165, 1.54) is 7.11 Å². The van der Waals surface area contributed by atoms with Gasteiger partial charge in [-0.3, -0.25) is 9.78 Å². The first-order valence-electron chi connectivity index (χ1n) is 2.89. The van der Waals surface area contributed by atoms with Gasteiger partial charge in [0.15, 0.2) is 0 Å². The third-order valence-corrected chi connectivity index (χ3v) is 1.03. The van der Waals surface area contributed by atoms with Crippen LogP contribution in [0.4, 0.5) is 0 Å². The van der Waals surface area contributed by atoms with Crippen molar-refractivity contribution in [2.45, 2.75) is 6.73 Å². The van der Waals surface area contributed by atoms with Crippen LogP contribution in [0, 0.1) is 0 Å². The monoisotopic (exact) mass is 157 g/mol. The molecule has 0 aliphatic rings. The number of H-pyrrole nitrogens is 1. The molecule has 0 unspecified atom stereocenters. The highest BCUT2D eigenvalue weighted by Gasteiger charge is 1.94. The summed E-state index contributed by atoms with van der Waals surface area (Å²) >= 11 is 0. The molecule has 6 heteroatoms. The summed E-state index contributed by atoms with van der Waals surface area (Å²) in [5.74, 6) is 0. The molecule has 0 aliphatic heterocycles. The molecule has 0 aromatic carbocycles. The van der Waals surface area contributed by atoms with Crippen molar-refractivity contribution in [3.05, 3.63) is 27.0 Å². The standard InChI is InChI=1S/C5H7N3O3/c1-11-3-8-5(10)7-4(9)2-6-8/h2H,3H2,1H3,(H,7,9,10). The number of methoxy groups -OCH3 is 1. The lowest BCUT2D eigenvalue weighted by Crippen LogP contribution is -2.31. The molecule has 0 aliphatic carbocycles. The van der Waals surface area contributed by atoms with Gasteiger partial charge >= 0.3 is 5.69 Å². The van der Waals surface area contributed by atoms with Crippen molar-refractivity contribution in [2.24, 2.45) is 0 Å². The Labute approximate surface area is 61.4 Å². The summed E-state index contributed by atoms with van der Waals surface area (Å²) in [6.45, 7) is 0.0373. The molecule has 1 aromatic heterocycles. The third kappa shape index (κ3) is 1.74. The Balaban J connectivity index is 3.10. The molecule has 1 aromatic rings. The van der Waals surface area contributed by atoms with Crippen LogP contribution in [-0.4, -0.2) is 21.9 Å². The average Bonchev–Trinajstić information content (AvgIpc) is 1.95. The van der Waals surface area contributed by atoms with E-state index in [9.17, 15) is 9.59 Å². The van der Waals surface area contributed by atoms with Crippen LogP contribution in [0.5, 0.6) is 0 Å². The van der Waals surface area contributed by atoms with Crippen molar-refractivity contribution in [3.8, 4) is 0 Å². The van der Waals surface area contributed by atoms with E-state index in [1.54, 1.807) is 0 Å². The Morgan fingerprint density at radius 2 is 2.45 bits per heavy atom. The lowest BCUT2D eigenvalue weighted by molar-refractivity contribution is 0.114. The van der Waals surface area contributed by atoms with Crippen LogP contribution in [0.25, 0.3) is 0 Å². The number of aromatic nitrogens is 3. The second-order valence-electron chi connectivity index (χ2n) is 1.86. The van der Waals surface area contributed by atoms with E-state index < -0.39 is 11.2 Å². The molecule has 11 heavy (non-hydrogen) atoms. The van der Waals surface area contributed by atoms with Crippen molar-refractivity contribution in [1.29, 1.82) is 0 Å². The smallest absolute Gasteiger partial charge is 0.346 e. The highest BCUT2D eigenvalue weighted by molar-refractivity contribution is 4.67. The van der Waals surface area contributed by atoms with Crippen molar-refractivity contribution < 1.29 is 4.74 Å². The Morgan fingerprint density at radius 3 is 3.00 bits per heavy atom. The van der Waals surface area contributed by atoms with Crippen LogP contribution in [0.2, 0.25) is 0 Å². The number of aromatic amines is 1. The fraction of sp³-hybridized carbons (Fsp3) is 0.400. The topological polar surface area (TPSA) is 77.0 Å². The minimum absolute atomic E-state index is 0.0373. The molecule has 0 amide bonds. The molecule has 6 nitrogen and oxygen atoms in total. The molecule has 0 atom stereocenters.